The lowest BCUT2D eigenvalue weighted by atomic mass is 10.1. The molecule has 0 saturated heterocycles. The Hall–Kier alpha value is -1.40. The van der Waals surface area contributed by atoms with E-state index >= 15 is 0 Å². The second-order valence-corrected chi connectivity index (χ2v) is 5.94. The normalized spacial score (nSPS) is 17.6. The van der Waals surface area contributed by atoms with Gasteiger partial charge in [0.25, 0.3) is 0 Å². The molecule has 0 aromatic carbocycles. The van der Waals surface area contributed by atoms with Gasteiger partial charge in [0, 0.05) is 11.8 Å². The number of carbonyl (C=O) groups excluding carboxylic acids is 2. The third kappa shape index (κ3) is 3.78. The molecule has 2 rings (SSSR count). The molecule has 0 bridgehead atoms. The highest BCUT2D eigenvalue weighted by molar-refractivity contribution is 7.10. The molecule has 1 heterocycles. The Kier molecular flexibility index (Phi) is 4.21. The first-order chi connectivity index (χ1) is 9.04. The van der Waals surface area contributed by atoms with Crippen molar-refractivity contribution in [2.45, 2.75) is 37.8 Å². The maximum absolute atomic E-state index is 12.0. The van der Waals surface area contributed by atoms with Crippen molar-refractivity contribution in [3.63, 3.8) is 0 Å². The van der Waals surface area contributed by atoms with Gasteiger partial charge in [-0.05, 0) is 24.3 Å². The molecule has 6 heteroatoms. The van der Waals surface area contributed by atoms with Crippen LogP contribution in [0.15, 0.2) is 17.5 Å². The van der Waals surface area contributed by atoms with Gasteiger partial charge in [-0.25, -0.2) is 0 Å². The van der Waals surface area contributed by atoms with Gasteiger partial charge in [-0.15, -0.1) is 11.3 Å². The summed E-state index contributed by atoms with van der Waals surface area (Å²) in [4.78, 5) is 24.1. The summed E-state index contributed by atoms with van der Waals surface area (Å²) in [5, 5.41) is 16.7. The molecule has 1 fully saturated rings. The molecule has 19 heavy (non-hydrogen) atoms. The average Bonchev–Trinajstić information content (AvgIpc) is 2.91. The highest BCUT2D eigenvalue weighted by Gasteiger charge is 2.43. The molecular formula is C13H18N2O3S. The zero-order chi connectivity index (χ0) is 13.9. The summed E-state index contributed by atoms with van der Waals surface area (Å²) < 4.78 is 0. The van der Waals surface area contributed by atoms with Gasteiger partial charge < -0.3 is 15.7 Å². The zero-order valence-electron chi connectivity index (χ0n) is 10.8. The highest BCUT2D eigenvalue weighted by Crippen LogP contribution is 2.35. The van der Waals surface area contributed by atoms with E-state index in [4.69, 9.17) is 0 Å². The maximum Gasteiger partial charge on any atom is 0.222 e. The summed E-state index contributed by atoms with van der Waals surface area (Å²) in [5.41, 5.74) is -0.409. The Bertz CT molecular complexity index is 454. The molecular weight excluding hydrogens is 264 g/mol. The molecule has 1 unspecified atom stereocenters. The van der Waals surface area contributed by atoms with E-state index in [2.05, 4.69) is 10.6 Å². The van der Waals surface area contributed by atoms with E-state index in [0.29, 0.717) is 0 Å². The number of thiophene rings is 1. The van der Waals surface area contributed by atoms with Crippen molar-refractivity contribution in [1.82, 2.24) is 10.6 Å². The first-order valence-electron chi connectivity index (χ1n) is 6.27. The second-order valence-electron chi connectivity index (χ2n) is 4.96. The fraction of sp³-hybridized carbons (Fsp3) is 0.538. The van der Waals surface area contributed by atoms with E-state index in [1.165, 1.54) is 18.3 Å². The molecule has 1 aliphatic carbocycles. The summed E-state index contributed by atoms with van der Waals surface area (Å²) in [5.74, 6) is -0.298. The molecule has 0 spiro atoms. The number of amides is 2. The minimum absolute atomic E-state index is 0.0253. The van der Waals surface area contributed by atoms with Crippen molar-refractivity contribution in [2.24, 2.45) is 0 Å². The molecule has 1 atom stereocenters. The molecule has 3 N–H and O–H groups in total. The van der Waals surface area contributed by atoms with Gasteiger partial charge in [-0.1, -0.05) is 6.07 Å². The van der Waals surface area contributed by atoms with Crippen LogP contribution in [-0.4, -0.2) is 29.1 Å². The van der Waals surface area contributed by atoms with Crippen LogP contribution in [0.2, 0.25) is 0 Å². The first kappa shape index (κ1) is 14.0. The lowest BCUT2D eigenvalue weighted by Crippen LogP contribution is -2.41. The van der Waals surface area contributed by atoms with Crippen LogP contribution in [0.5, 0.6) is 0 Å². The van der Waals surface area contributed by atoms with Crippen LogP contribution in [0, 0.1) is 0 Å². The fourth-order valence-electron chi connectivity index (χ4n) is 1.96. The van der Waals surface area contributed by atoms with Gasteiger partial charge in [0.2, 0.25) is 11.8 Å². The fourth-order valence-corrected chi connectivity index (χ4v) is 2.74. The minimum atomic E-state index is -0.409. The van der Waals surface area contributed by atoms with Crippen molar-refractivity contribution in [2.75, 3.05) is 6.61 Å². The summed E-state index contributed by atoms with van der Waals surface area (Å²) in [6.07, 6.45) is 1.83. The van der Waals surface area contributed by atoms with Gasteiger partial charge in [0.1, 0.15) is 0 Å². The number of aliphatic hydroxyl groups excluding tert-OH is 1. The lowest BCUT2D eigenvalue weighted by Gasteiger charge is -2.19. The lowest BCUT2D eigenvalue weighted by molar-refractivity contribution is -0.123. The second kappa shape index (κ2) is 5.71. The predicted octanol–water partition coefficient (Wildman–Crippen LogP) is 0.957. The van der Waals surface area contributed by atoms with E-state index in [0.717, 1.165) is 17.7 Å². The Morgan fingerprint density at radius 1 is 1.53 bits per heavy atom. The van der Waals surface area contributed by atoms with Crippen molar-refractivity contribution in [3.8, 4) is 0 Å². The van der Waals surface area contributed by atoms with Crippen LogP contribution in [-0.2, 0) is 9.59 Å². The molecule has 1 aromatic heterocycles. The summed E-state index contributed by atoms with van der Waals surface area (Å²) in [6.45, 7) is 1.41. The third-order valence-corrected chi connectivity index (χ3v) is 4.20. The summed E-state index contributed by atoms with van der Waals surface area (Å²) >= 11 is 1.51. The van der Waals surface area contributed by atoms with Crippen LogP contribution < -0.4 is 10.6 Å². The highest BCUT2D eigenvalue weighted by atomic mass is 32.1. The van der Waals surface area contributed by atoms with Crippen LogP contribution in [0.4, 0.5) is 0 Å². The van der Waals surface area contributed by atoms with Gasteiger partial charge in [-0.2, -0.15) is 0 Å². The van der Waals surface area contributed by atoms with Crippen molar-refractivity contribution >= 4 is 23.2 Å². The average molecular weight is 282 g/mol. The van der Waals surface area contributed by atoms with Crippen LogP contribution in [0.25, 0.3) is 0 Å². The third-order valence-electron chi connectivity index (χ3n) is 3.21. The van der Waals surface area contributed by atoms with Gasteiger partial charge >= 0.3 is 0 Å². The summed E-state index contributed by atoms with van der Waals surface area (Å²) in [7, 11) is 0. The quantitative estimate of drug-likeness (QED) is 0.727. The van der Waals surface area contributed by atoms with E-state index < -0.39 is 5.54 Å². The topological polar surface area (TPSA) is 78.4 Å². The van der Waals surface area contributed by atoms with E-state index in [-0.39, 0.29) is 30.9 Å². The molecule has 1 aliphatic rings. The largest absolute Gasteiger partial charge is 0.394 e. The molecule has 0 aliphatic heterocycles. The monoisotopic (exact) mass is 282 g/mol. The molecule has 1 aromatic rings. The molecule has 104 valence electrons. The Balaban J connectivity index is 1.96. The van der Waals surface area contributed by atoms with Gasteiger partial charge in [0.15, 0.2) is 0 Å². The van der Waals surface area contributed by atoms with E-state index in [1.807, 2.05) is 17.5 Å². The van der Waals surface area contributed by atoms with E-state index in [1.54, 1.807) is 0 Å². The first-order valence-corrected chi connectivity index (χ1v) is 7.15. The predicted molar refractivity (Wildman–Crippen MR) is 72.7 cm³/mol. The number of hydrogen-bond acceptors (Lipinski definition) is 4. The van der Waals surface area contributed by atoms with E-state index in [9.17, 15) is 14.7 Å². The number of nitrogens with one attached hydrogen (secondary N) is 2. The minimum Gasteiger partial charge on any atom is -0.394 e. The Morgan fingerprint density at radius 3 is 2.74 bits per heavy atom. The van der Waals surface area contributed by atoms with Crippen molar-refractivity contribution in [1.29, 1.82) is 0 Å². The van der Waals surface area contributed by atoms with Crippen LogP contribution in [0.3, 0.4) is 0 Å². The van der Waals surface area contributed by atoms with Gasteiger partial charge in [0.05, 0.1) is 24.6 Å². The molecule has 2 amide bonds. The maximum atomic E-state index is 12.0. The van der Waals surface area contributed by atoms with Gasteiger partial charge in [-0.3, -0.25) is 9.59 Å². The number of aliphatic hydroxyl groups is 1. The van der Waals surface area contributed by atoms with Crippen molar-refractivity contribution < 1.29 is 14.7 Å². The van der Waals surface area contributed by atoms with Crippen LogP contribution >= 0.6 is 11.3 Å². The number of hydrogen-bond donors (Lipinski definition) is 3. The number of rotatable bonds is 6. The SMILES string of the molecule is CC(=O)NC(CC(=O)NC1(CO)CC1)c1cccs1. The molecule has 0 radical (unpaired) electrons. The standard InChI is InChI=1S/C13H18N2O3S/c1-9(17)14-10(11-3-2-6-19-11)7-12(18)15-13(8-16)4-5-13/h2-3,6,10,16H,4-5,7-8H2,1H3,(H,14,17)(H,15,18). The smallest absolute Gasteiger partial charge is 0.222 e. The zero-order valence-corrected chi connectivity index (χ0v) is 11.6. The number of carbonyl (C=O) groups is 2. The molecule has 1 saturated carbocycles. The van der Waals surface area contributed by atoms with Crippen molar-refractivity contribution in [3.05, 3.63) is 22.4 Å². The Labute approximate surface area is 116 Å². The molecule has 5 nitrogen and oxygen atoms in total. The van der Waals surface area contributed by atoms with Crippen LogP contribution in [0.1, 0.15) is 37.1 Å². The summed E-state index contributed by atoms with van der Waals surface area (Å²) in [6, 6.07) is 3.49. The Morgan fingerprint density at radius 2 is 2.26 bits per heavy atom.